The summed E-state index contributed by atoms with van der Waals surface area (Å²) >= 11 is 0. The molecule has 2 rings (SSSR count). The van der Waals surface area contributed by atoms with Gasteiger partial charge in [-0.3, -0.25) is 0 Å². The first-order valence-corrected chi connectivity index (χ1v) is 5.15. The van der Waals surface area contributed by atoms with Crippen LogP contribution in [-0.4, -0.2) is 53.6 Å². The molecule has 1 saturated heterocycles. The maximum atomic E-state index is 10.1. The van der Waals surface area contributed by atoms with Gasteiger partial charge in [-0.1, -0.05) is 5.92 Å². The van der Waals surface area contributed by atoms with Crippen molar-refractivity contribution in [2.45, 2.75) is 36.7 Å². The Bertz CT molecular complexity index is 315. The van der Waals surface area contributed by atoms with Gasteiger partial charge in [0.2, 0.25) is 0 Å². The summed E-state index contributed by atoms with van der Waals surface area (Å²) in [7, 11) is 1.71. The van der Waals surface area contributed by atoms with Crippen LogP contribution in [-0.2, 0) is 4.74 Å². The minimum atomic E-state index is -0.994. The zero-order chi connectivity index (χ0) is 11.3. The second-order valence-electron chi connectivity index (χ2n) is 4.58. The van der Waals surface area contributed by atoms with Crippen LogP contribution in [0.1, 0.15) is 12.8 Å². The van der Waals surface area contributed by atoms with Crippen LogP contribution in [0.4, 0.5) is 0 Å². The quantitative estimate of drug-likeness (QED) is 0.340. The van der Waals surface area contributed by atoms with Crippen LogP contribution in [0.3, 0.4) is 0 Å². The molecule has 3 N–H and O–H groups in total. The molecule has 0 aromatic carbocycles. The van der Waals surface area contributed by atoms with Gasteiger partial charge in [-0.15, -0.1) is 6.42 Å². The summed E-state index contributed by atoms with van der Waals surface area (Å²) in [4.78, 5) is 0. The van der Waals surface area contributed by atoms with E-state index in [4.69, 9.17) is 11.2 Å². The summed E-state index contributed by atoms with van der Waals surface area (Å²) < 4.78 is 5.52. The first kappa shape index (κ1) is 11.0. The van der Waals surface area contributed by atoms with Crippen molar-refractivity contribution in [1.29, 1.82) is 0 Å². The summed E-state index contributed by atoms with van der Waals surface area (Å²) in [5, 5.41) is 29.4. The minimum absolute atomic E-state index is 0.269. The molecule has 5 atom stereocenters. The average Bonchev–Trinajstić information content (AvgIpc) is 2.46. The van der Waals surface area contributed by atoms with Gasteiger partial charge in [-0.25, -0.2) is 0 Å². The smallest absolute Gasteiger partial charge is 0.142 e. The number of aliphatic hydroxyl groups excluding tert-OH is 3. The van der Waals surface area contributed by atoms with E-state index in [2.05, 4.69) is 5.92 Å². The first-order valence-electron chi connectivity index (χ1n) is 5.15. The molecule has 0 aromatic heterocycles. The number of hydrogen-bond acceptors (Lipinski definition) is 4. The highest BCUT2D eigenvalue weighted by Gasteiger charge is 2.65. The van der Waals surface area contributed by atoms with Crippen molar-refractivity contribution in [3.63, 3.8) is 0 Å². The van der Waals surface area contributed by atoms with E-state index in [1.54, 1.807) is 7.85 Å². The predicted octanol–water partition coefficient (Wildman–Crippen LogP) is -2.16. The van der Waals surface area contributed by atoms with Crippen LogP contribution in [0.2, 0.25) is 0 Å². The molecule has 2 aliphatic rings. The molecule has 15 heavy (non-hydrogen) atoms. The summed E-state index contributed by atoms with van der Waals surface area (Å²) in [6.07, 6.45) is 4.52. The normalized spacial score (nSPS) is 53.9. The average molecular weight is 210 g/mol. The Morgan fingerprint density at radius 2 is 2.13 bits per heavy atom. The fourth-order valence-electron chi connectivity index (χ4n) is 2.89. The third-order valence-corrected chi connectivity index (χ3v) is 3.88. The number of aliphatic hydroxyl groups is 3. The van der Waals surface area contributed by atoms with E-state index >= 15 is 0 Å². The maximum Gasteiger partial charge on any atom is 0.142 e. The van der Waals surface area contributed by atoms with Gasteiger partial charge in [-0.2, -0.15) is 0 Å². The van der Waals surface area contributed by atoms with Gasteiger partial charge < -0.3 is 20.1 Å². The van der Waals surface area contributed by atoms with Gasteiger partial charge in [0.05, 0.1) is 24.1 Å². The zero-order valence-electron chi connectivity index (χ0n) is 8.68. The van der Waals surface area contributed by atoms with E-state index in [0.29, 0.717) is 12.8 Å². The number of hydrogen-bond donors (Lipinski definition) is 3. The van der Waals surface area contributed by atoms with Crippen molar-refractivity contribution in [2.75, 3.05) is 6.61 Å². The summed E-state index contributed by atoms with van der Waals surface area (Å²) in [6, 6.07) is -0.459. The van der Waals surface area contributed by atoms with Gasteiger partial charge >= 0.3 is 0 Å². The number of terminal acetylenes is 1. The summed E-state index contributed by atoms with van der Waals surface area (Å²) in [5.41, 5.74) is -1.94. The van der Waals surface area contributed by atoms with E-state index in [0.717, 1.165) is 0 Å². The van der Waals surface area contributed by atoms with Crippen LogP contribution in [0.15, 0.2) is 0 Å². The first-order chi connectivity index (χ1) is 7.02. The number of ether oxygens (including phenoxy) is 1. The lowest BCUT2D eigenvalue weighted by Crippen LogP contribution is -2.63. The summed E-state index contributed by atoms with van der Waals surface area (Å²) in [6.45, 7) is -0.269. The van der Waals surface area contributed by atoms with Crippen molar-refractivity contribution < 1.29 is 20.1 Å². The second-order valence-corrected chi connectivity index (χ2v) is 4.58. The van der Waals surface area contributed by atoms with Crippen molar-refractivity contribution >= 4 is 7.85 Å². The van der Waals surface area contributed by atoms with Crippen molar-refractivity contribution in [1.82, 2.24) is 0 Å². The monoisotopic (exact) mass is 210 g/mol. The molecule has 5 heteroatoms. The van der Waals surface area contributed by atoms with E-state index in [9.17, 15) is 15.3 Å². The molecule has 1 aliphatic carbocycles. The fourth-order valence-corrected chi connectivity index (χ4v) is 2.89. The van der Waals surface area contributed by atoms with Gasteiger partial charge in [0.1, 0.15) is 19.6 Å². The molecular weight excluding hydrogens is 195 g/mol. The van der Waals surface area contributed by atoms with E-state index in [-0.39, 0.29) is 6.61 Å². The molecule has 2 fully saturated rings. The molecule has 82 valence electrons. The lowest BCUT2D eigenvalue weighted by Gasteiger charge is -2.47. The lowest BCUT2D eigenvalue weighted by molar-refractivity contribution is -0.229. The predicted molar refractivity (Wildman–Crippen MR) is 55.7 cm³/mol. The third-order valence-electron chi connectivity index (χ3n) is 3.88. The van der Waals surface area contributed by atoms with E-state index in [1.807, 2.05) is 0 Å². The minimum Gasteiger partial charge on any atom is -0.393 e. The number of rotatable bonds is 1. The standard InChI is InChI=1S/C10H15BO4/c1-2-9-3-4-10(5-12,8(9)14)15-7(11)6(9)13/h1,6-8,12-14H,3-5,11H2/t6-,7+,8-,9?,10+/m0/s1. The Hall–Kier alpha value is -0.535. The third kappa shape index (κ3) is 1.14. The topological polar surface area (TPSA) is 69.9 Å². The van der Waals surface area contributed by atoms with E-state index < -0.39 is 29.2 Å². The zero-order valence-corrected chi connectivity index (χ0v) is 8.68. The van der Waals surface area contributed by atoms with Crippen LogP contribution >= 0.6 is 0 Å². The Morgan fingerprint density at radius 1 is 1.47 bits per heavy atom. The highest BCUT2D eigenvalue weighted by molar-refractivity contribution is 6.11. The highest BCUT2D eigenvalue weighted by Crippen LogP contribution is 2.52. The second kappa shape index (κ2) is 3.23. The molecule has 4 nitrogen and oxygen atoms in total. The Kier molecular flexibility index (Phi) is 2.36. The van der Waals surface area contributed by atoms with E-state index in [1.165, 1.54) is 0 Å². The Labute approximate surface area is 89.7 Å². The molecule has 0 aromatic rings. The fraction of sp³-hybridized carbons (Fsp3) is 0.800. The Balaban J connectivity index is 2.44. The molecule has 0 spiro atoms. The highest BCUT2D eigenvalue weighted by atomic mass is 16.5. The van der Waals surface area contributed by atoms with Crippen LogP contribution < -0.4 is 0 Å². The van der Waals surface area contributed by atoms with Crippen molar-refractivity contribution in [2.24, 2.45) is 5.41 Å². The Morgan fingerprint density at radius 3 is 2.67 bits per heavy atom. The molecule has 1 saturated carbocycles. The largest absolute Gasteiger partial charge is 0.393 e. The molecule has 0 radical (unpaired) electrons. The molecule has 1 aliphatic heterocycles. The molecular formula is C10H15BO4. The molecule has 0 amide bonds. The molecule has 1 unspecified atom stereocenters. The van der Waals surface area contributed by atoms with Gasteiger partial charge in [0, 0.05) is 0 Å². The van der Waals surface area contributed by atoms with Crippen LogP contribution in [0, 0.1) is 17.8 Å². The van der Waals surface area contributed by atoms with Gasteiger partial charge in [0.25, 0.3) is 0 Å². The van der Waals surface area contributed by atoms with Crippen molar-refractivity contribution in [3.05, 3.63) is 0 Å². The molecule has 2 bridgehead atoms. The van der Waals surface area contributed by atoms with Crippen LogP contribution in [0.5, 0.6) is 0 Å². The number of fused-ring (bicyclic) bond motifs is 2. The van der Waals surface area contributed by atoms with Crippen LogP contribution in [0.25, 0.3) is 0 Å². The van der Waals surface area contributed by atoms with Crippen molar-refractivity contribution in [3.8, 4) is 12.3 Å². The van der Waals surface area contributed by atoms with Gasteiger partial charge in [-0.05, 0) is 12.8 Å². The maximum absolute atomic E-state index is 10.1. The SMILES string of the molecule is B[C@@H]1O[C@@]2(CO)CCC(C#C)([C@H]1O)[C@@H]2O. The molecule has 1 heterocycles. The lowest BCUT2D eigenvalue weighted by atomic mass is 9.69. The van der Waals surface area contributed by atoms with Gasteiger partial charge in [0.15, 0.2) is 0 Å². The summed E-state index contributed by atoms with van der Waals surface area (Å²) in [5.74, 6) is 2.51.